The summed E-state index contributed by atoms with van der Waals surface area (Å²) in [5.41, 5.74) is 1.10. The first-order valence-electron chi connectivity index (χ1n) is 9.65. The van der Waals surface area contributed by atoms with Gasteiger partial charge in [-0.2, -0.15) is 27.1 Å². The number of halogens is 5. The van der Waals surface area contributed by atoms with Gasteiger partial charge in [0.05, 0.1) is 30.5 Å². The molecule has 0 radical (unpaired) electrons. The molecule has 0 aliphatic carbocycles. The Hall–Kier alpha value is -3.63. The van der Waals surface area contributed by atoms with E-state index in [9.17, 15) is 26.7 Å². The van der Waals surface area contributed by atoms with Crippen LogP contribution in [0.1, 0.15) is 22.5 Å². The first-order chi connectivity index (χ1) is 15.5. The van der Waals surface area contributed by atoms with Gasteiger partial charge in [0.25, 0.3) is 0 Å². The summed E-state index contributed by atoms with van der Waals surface area (Å²) < 4.78 is 75.1. The van der Waals surface area contributed by atoms with Gasteiger partial charge in [-0.3, -0.25) is 4.79 Å². The van der Waals surface area contributed by atoms with Crippen molar-refractivity contribution < 1.29 is 36.2 Å². The summed E-state index contributed by atoms with van der Waals surface area (Å²) in [6.07, 6.45) is -4.63. The van der Waals surface area contributed by atoms with Crippen LogP contribution in [0.2, 0.25) is 0 Å². The molecule has 33 heavy (non-hydrogen) atoms. The predicted octanol–water partition coefficient (Wildman–Crippen LogP) is 5.30. The highest BCUT2D eigenvalue weighted by Gasteiger charge is 2.31. The monoisotopic (exact) mass is 469 g/mol. The lowest BCUT2D eigenvalue weighted by Crippen LogP contribution is -2.15. The number of alkyl halides is 5. The second-order valence-electron chi connectivity index (χ2n) is 7.08. The SMILES string of the molecule is COc1ccc(NC(=O)Cc2c(C)nn(-c3cccc(C(F)(F)F)c3)c2C)cc1OC(F)F. The Balaban J connectivity index is 1.81. The molecule has 1 N–H and O–H groups in total. The number of rotatable bonds is 7. The number of hydrogen-bond acceptors (Lipinski definition) is 4. The van der Waals surface area contributed by atoms with Crippen molar-refractivity contribution in [3.63, 3.8) is 0 Å². The molecule has 0 aliphatic rings. The molecule has 1 aromatic heterocycles. The Morgan fingerprint density at radius 1 is 1.12 bits per heavy atom. The highest BCUT2D eigenvalue weighted by atomic mass is 19.4. The molecule has 6 nitrogen and oxygen atoms in total. The number of hydrogen-bond donors (Lipinski definition) is 1. The maximum absolute atomic E-state index is 13.1. The van der Waals surface area contributed by atoms with Crippen LogP contribution >= 0.6 is 0 Å². The molecule has 0 spiro atoms. The lowest BCUT2D eigenvalue weighted by Gasteiger charge is -2.12. The number of anilines is 1. The van der Waals surface area contributed by atoms with Crippen molar-refractivity contribution in [2.75, 3.05) is 12.4 Å². The minimum atomic E-state index is -4.50. The number of carbonyl (C=O) groups excluding carboxylic acids is 1. The van der Waals surface area contributed by atoms with Gasteiger partial charge in [0.15, 0.2) is 11.5 Å². The molecule has 0 saturated carbocycles. The average molecular weight is 469 g/mol. The number of ether oxygens (including phenoxy) is 2. The van der Waals surface area contributed by atoms with E-state index in [1.165, 1.54) is 42.1 Å². The molecular formula is C22H20F5N3O3. The first kappa shape index (κ1) is 24.0. The van der Waals surface area contributed by atoms with E-state index in [0.29, 0.717) is 17.0 Å². The van der Waals surface area contributed by atoms with Crippen LogP contribution < -0.4 is 14.8 Å². The van der Waals surface area contributed by atoms with E-state index < -0.39 is 24.3 Å². The van der Waals surface area contributed by atoms with Crippen LogP contribution in [-0.2, 0) is 17.4 Å². The molecule has 11 heteroatoms. The number of benzene rings is 2. The molecule has 0 atom stereocenters. The van der Waals surface area contributed by atoms with Gasteiger partial charge < -0.3 is 14.8 Å². The summed E-state index contributed by atoms with van der Waals surface area (Å²) in [5.74, 6) is -0.643. The van der Waals surface area contributed by atoms with Gasteiger partial charge in [0.1, 0.15) is 0 Å². The minimum Gasteiger partial charge on any atom is -0.493 e. The third kappa shape index (κ3) is 5.60. The highest BCUT2D eigenvalue weighted by molar-refractivity contribution is 5.92. The van der Waals surface area contributed by atoms with E-state index in [-0.39, 0.29) is 29.3 Å². The van der Waals surface area contributed by atoms with Crippen LogP contribution in [0.25, 0.3) is 5.69 Å². The number of carbonyl (C=O) groups is 1. The Morgan fingerprint density at radius 2 is 1.85 bits per heavy atom. The average Bonchev–Trinajstić information content (AvgIpc) is 3.01. The van der Waals surface area contributed by atoms with Crippen molar-refractivity contribution in [2.45, 2.75) is 33.1 Å². The molecule has 2 aromatic carbocycles. The maximum Gasteiger partial charge on any atom is 0.416 e. The van der Waals surface area contributed by atoms with Crippen molar-refractivity contribution in [2.24, 2.45) is 0 Å². The second-order valence-corrected chi connectivity index (χ2v) is 7.08. The highest BCUT2D eigenvalue weighted by Crippen LogP contribution is 2.32. The molecule has 1 heterocycles. The zero-order valence-corrected chi connectivity index (χ0v) is 17.8. The summed E-state index contributed by atoms with van der Waals surface area (Å²) in [5, 5.41) is 6.87. The molecule has 0 aliphatic heterocycles. The Bertz CT molecular complexity index is 1160. The lowest BCUT2D eigenvalue weighted by atomic mass is 10.1. The largest absolute Gasteiger partial charge is 0.493 e. The van der Waals surface area contributed by atoms with Crippen molar-refractivity contribution >= 4 is 11.6 Å². The van der Waals surface area contributed by atoms with Gasteiger partial charge in [0.2, 0.25) is 5.91 Å². The van der Waals surface area contributed by atoms with E-state index in [2.05, 4.69) is 15.2 Å². The number of aryl methyl sites for hydroxylation is 1. The number of methoxy groups -OCH3 is 1. The quantitative estimate of drug-likeness (QED) is 0.477. The number of nitrogens with one attached hydrogen (secondary N) is 1. The zero-order valence-electron chi connectivity index (χ0n) is 17.8. The smallest absolute Gasteiger partial charge is 0.416 e. The maximum atomic E-state index is 13.1. The fourth-order valence-corrected chi connectivity index (χ4v) is 3.30. The van der Waals surface area contributed by atoms with Crippen LogP contribution in [0.3, 0.4) is 0 Å². The van der Waals surface area contributed by atoms with E-state index in [1.54, 1.807) is 13.8 Å². The minimum absolute atomic E-state index is 0.0716. The van der Waals surface area contributed by atoms with Crippen LogP contribution in [0.5, 0.6) is 11.5 Å². The fourth-order valence-electron chi connectivity index (χ4n) is 3.30. The van der Waals surface area contributed by atoms with Crippen molar-refractivity contribution in [3.05, 3.63) is 65.0 Å². The molecule has 0 bridgehead atoms. The normalized spacial score (nSPS) is 11.5. The van der Waals surface area contributed by atoms with Crippen LogP contribution in [-0.4, -0.2) is 29.4 Å². The third-order valence-electron chi connectivity index (χ3n) is 4.86. The molecule has 3 rings (SSSR count). The Kier molecular flexibility index (Phi) is 6.89. The summed E-state index contributed by atoms with van der Waals surface area (Å²) in [4.78, 5) is 12.6. The van der Waals surface area contributed by atoms with E-state index >= 15 is 0 Å². The topological polar surface area (TPSA) is 65.4 Å². The van der Waals surface area contributed by atoms with E-state index in [4.69, 9.17) is 4.74 Å². The molecular weight excluding hydrogens is 449 g/mol. The number of nitrogens with zero attached hydrogens (tertiary/aromatic N) is 2. The van der Waals surface area contributed by atoms with Gasteiger partial charge >= 0.3 is 12.8 Å². The zero-order chi connectivity index (χ0) is 24.3. The van der Waals surface area contributed by atoms with Gasteiger partial charge in [0, 0.05) is 23.0 Å². The van der Waals surface area contributed by atoms with E-state index in [0.717, 1.165) is 12.1 Å². The Labute approximate surface area is 185 Å². The van der Waals surface area contributed by atoms with Crippen molar-refractivity contribution in [1.82, 2.24) is 9.78 Å². The summed E-state index contributed by atoms with van der Waals surface area (Å²) in [6.45, 7) is 0.212. The number of amides is 1. The van der Waals surface area contributed by atoms with E-state index in [1.807, 2.05) is 0 Å². The molecule has 0 saturated heterocycles. The standard InChI is InChI=1S/C22H20F5N3O3/c1-12-17(13(2)30(29-12)16-6-4-5-14(9-16)22(25,26)27)11-20(31)28-15-7-8-18(32-3)19(10-15)33-21(23)24/h4-10,21H,11H2,1-3H3,(H,28,31). The van der Waals surface area contributed by atoms with Gasteiger partial charge in [-0.25, -0.2) is 4.68 Å². The van der Waals surface area contributed by atoms with Gasteiger partial charge in [-0.1, -0.05) is 6.07 Å². The van der Waals surface area contributed by atoms with Gasteiger partial charge in [-0.15, -0.1) is 0 Å². The summed E-state index contributed by atoms with van der Waals surface area (Å²) in [7, 11) is 1.29. The molecule has 176 valence electrons. The van der Waals surface area contributed by atoms with Crippen LogP contribution in [0.4, 0.5) is 27.6 Å². The molecule has 0 fully saturated rings. The van der Waals surface area contributed by atoms with Crippen LogP contribution in [0.15, 0.2) is 42.5 Å². The van der Waals surface area contributed by atoms with Crippen molar-refractivity contribution in [3.8, 4) is 17.2 Å². The lowest BCUT2D eigenvalue weighted by molar-refractivity contribution is -0.137. The first-order valence-corrected chi connectivity index (χ1v) is 9.65. The molecule has 3 aromatic rings. The predicted molar refractivity (Wildman–Crippen MR) is 110 cm³/mol. The van der Waals surface area contributed by atoms with Crippen LogP contribution in [0, 0.1) is 13.8 Å². The third-order valence-corrected chi connectivity index (χ3v) is 4.86. The molecule has 1 amide bonds. The second kappa shape index (κ2) is 9.47. The fraction of sp³-hybridized carbons (Fsp3) is 0.273. The number of aromatic nitrogens is 2. The summed E-state index contributed by atoms with van der Waals surface area (Å²) in [6, 6.07) is 8.74. The Morgan fingerprint density at radius 3 is 2.48 bits per heavy atom. The molecule has 0 unspecified atom stereocenters. The summed E-state index contributed by atoms with van der Waals surface area (Å²) >= 11 is 0. The van der Waals surface area contributed by atoms with Gasteiger partial charge in [-0.05, 0) is 44.2 Å². The van der Waals surface area contributed by atoms with Crippen molar-refractivity contribution in [1.29, 1.82) is 0 Å².